The van der Waals surface area contributed by atoms with E-state index >= 15 is 0 Å². The summed E-state index contributed by atoms with van der Waals surface area (Å²) in [5, 5.41) is 3.38. The molecule has 0 fully saturated rings. The van der Waals surface area contributed by atoms with E-state index in [2.05, 4.69) is 60.7 Å². The second-order valence-corrected chi connectivity index (χ2v) is 5.41. The zero-order valence-electron chi connectivity index (χ0n) is 11.2. The molecule has 1 nitrogen and oxygen atoms in total. The number of hydrogen-bond acceptors (Lipinski definition) is 1. The molecule has 0 radical (unpaired) electrons. The van der Waals surface area contributed by atoms with E-state index in [1.165, 1.54) is 26.7 Å². The lowest BCUT2D eigenvalue weighted by Crippen LogP contribution is -2.17. The van der Waals surface area contributed by atoms with Crippen LogP contribution < -0.4 is 5.32 Å². The minimum atomic E-state index is 0.368. The van der Waals surface area contributed by atoms with Crippen LogP contribution in [0, 0.1) is 13.8 Å². The van der Waals surface area contributed by atoms with Gasteiger partial charge in [-0.2, -0.15) is 0 Å². The Bertz CT molecular complexity index is 386. The van der Waals surface area contributed by atoms with Gasteiger partial charge in [0.2, 0.25) is 0 Å². The number of rotatable bonds is 5. The fourth-order valence-electron chi connectivity index (χ4n) is 2.00. The van der Waals surface area contributed by atoms with Gasteiger partial charge in [-0.25, -0.2) is 0 Å². The second-order valence-electron chi connectivity index (χ2n) is 4.62. The first kappa shape index (κ1) is 14.5. The molecule has 1 aromatic carbocycles. The highest BCUT2D eigenvalue weighted by Gasteiger charge is 2.12. The molecular formula is C15H22BrN. The third kappa shape index (κ3) is 3.68. The van der Waals surface area contributed by atoms with Crippen LogP contribution in [0.1, 0.15) is 42.5 Å². The Kier molecular flexibility index (Phi) is 5.41. The number of halogens is 1. The number of aryl methyl sites for hydroxylation is 2. The van der Waals surface area contributed by atoms with Crippen molar-refractivity contribution >= 4 is 15.9 Å². The highest BCUT2D eigenvalue weighted by Crippen LogP contribution is 2.28. The predicted molar refractivity (Wildman–Crippen MR) is 79.5 cm³/mol. The van der Waals surface area contributed by atoms with Crippen molar-refractivity contribution in [3.63, 3.8) is 0 Å². The summed E-state index contributed by atoms with van der Waals surface area (Å²) in [6.45, 7) is 10.5. The summed E-state index contributed by atoms with van der Waals surface area (Å²) in [4.78, 5) is 0. The van der Waals surface area contributed by atoms with Crippen molar-refractivity contribution < 1.29 is 0 Å². The van der Waals surface area contributed by atoms with Gasteiger partial charge in [-0.15, -0.1) is 0 Å². The molecule has 0 aliphatic heterocycles. The fourth-order valence-corrected chi connectivity index (χ4v) is 2.23. The molecule has 0 saturated carbocycles. The lowest BCUT2D eigenvalue weighted by Gasteiger charge is -2.19. The molecule has 0 amide bonds. The molecule has 94 valence electrons. The van der Waals surface area contributed by atoms with Crippen LogP contribution in [0.4, 0.5) is 0 Å². The number of benzene rings is 1. The SMILES string of the molecule is C=C(CC)CC(NC)c1cc(C)c(Br)c(C)c1. The monoisotopic (exact) mass is 295 g/mol. The van der Waals surface area contributed by atoms with E-state index < -0.39 is 0 Å². The topological polar surface area (TPSA) is 12.0 Å². The average molecular weight is 296 g/mol. The Morgan fingerprint density at radius 3 is 2.29 bits per heavy atom. The van der Waals surface area contributed by atoms with Crippen LogP contribution in [0.25, 0.3) is 0 Å². The molecule has 0 spiro atoms. The van der Waals surface area contributed by atoms with Crippen LogP contribution in [0.2, 0.25) is 0 Å². The molecule has 0 saturated heterocycles. The molecule has 1 aromatic rings. The maximum Gasteiger partial charge on any atom is 0.0355 e. The summed E-state index contributed by atoms with van der Waals surface area (Å²) >= 11 is 3.61. The largest absolute Gasteiger partial charge is 0.313 e. The van der Waals surface area contributed by atoms with Gasteiger partial charge < -0.3 is 5.32 Å². The van der Waals surface area contributed by atoms with E-state index in [-0.39, 0.29) is 0 Å². The molecule has 17 heavy (non-hydrogen) atoms. The summed E-state index contributed by atoms with van der Waals surface area (Å²) < 4.78 is 1.21. The van der Waals surface area contributed by atoms with E-state index in [4.69, 9.17) is 0 Å². The number of hydrogen-bond donors (Lipinski definition) is 1. The number of nitrogens with one attached hydrogen (secondary N) is 1. The van der Waals surface area contributed by atoms with Crippen molar-refractivity contribution in [1.82, 2.24) is 5.32 Å². The van der Waals surface area contributed by atoms with Crippen molar-refractivity contribution in [2.75, 3.05) is 7.05 Å². The highest BCUT2D eigenvalue weighted by atomic mass is 79.9. The van der Waals surface area contributed by atoms with Crippen LogP contribution in [-0.4, -0.2) is 7.05 Å². The first-order valence-corrected chi connectivity index (χ1v) is 6.89. The van der Waals surface area contributed by atoms with Crippen LogP contribution in [0.3, 0.4) is 0 Å². The van der Waals surface area contributed by atoms with Gasteiger partial charge in [-0.05, 0) is 50.4 Å². The predicted octanol–water partition coefficient (Wildman–Crippen LogP) is 4.68. The smallest absolute Gasteiger partial charge is 0.0355 e. The maximum atomic E-state index is 4.10. The average Bonchev–Trinajstić information content (AvgIpc) is 2.31. The van der Waals surface area contributed by atoms with E-state index in [1.54, 1.807) is 0 Å². The summed E-state index contributed by atoms with van der Waals surface area (Å²) in [6.07, 6.45) is 2.06. The van der Waals surface area contributed by atoms with Crippen molar-refractivity contribution in [3.05, 3.63) is 45.4 Å². The van der Waals surface area contributed by atoms with Crippen molar-refractivity contribution in [2.45, 2.75) is 39.7 Å². The third-order valence-corrected chi connectivity index (χ3v) is 4.45. The zero-order valence-corrected chi connectivity index (χ0v) is 12.8. The van der Waals surface area contributed by atoms with E-state index in [0.717, 1.165) is 12.8 Å². The van der Waals surface area contributed by atoms with Gasteiger partial charge in [0.15, 0.2) is 0 Å². The molecule has 1 N–H and O–H groups in total. The molecule has 0 aliphatic rings. The minimum absolute atomic E-state index is 0.368. The molecule has 0 bridgehead atoms. The summed E-state index contributed by atoms with van der Waals surface area (Å²) in [5.74, 6) is 0. The van der Waals surface area contributed by atoms with Gasteiger partial charge in [0.1, 0.15) is 0 Å². The van der Waals surface area contributed by atoms with Crippen LogP contribution in [-0.2, 0) is 0 Å². The van der Waals surface area contributed by atoms with Crippen LogP contribution in [0.5, 0.6) is 0 Å². The van der Waals surface area contributed by atoms with Gasteiger partial charge in [0.25, 0.3) is 0 Å². The van der Waals surface area contributed by atoms with Gasteiger partial charge in [0.05, 0.1) is 0 Å². The summed E-state index contributed by atoms with van der Waals surface area (Å²) in [5.41, 5.74) is 5.23. The molecule has 0 heterocycles. The first-order chi connectivity index (χ1) is 7.99. The second kappa shape index (κ2) is 6.36. The molecule has 1 unspecified atom stereocenters. The van der Waals surface area contributed by atoms with E-state index in [0.29, 0.717) is 6.04 Å². The van der Waals surface area contributed by atoms with Crippen LogP contribution >= 0.6 is 15.9 Å². The van der Waals surface area contributed by atoms with Crippen molar-refractivity contribution in [1.29, 1.82) is 0 Å². The third-order valence-electron chi connectivity index (χ3n) is 3.20. The van der Waals surface area contributed by atoms with Gasteiger partial charge in [-0.1, -0.05) is 47.1 Å². The van der Waals surface area contributed by atoms with Crippen molar-refractivity contribution in [2.24, 2.45) is 0 Å². The lowest BCUT2D eigenvalue weighted by atomic mass is 9.96. The Labute approximate surface area is 113 Å². The van der Waals surface area contributed by atoms with E-state index in [9.17, 15) is 0 Å². The molecule has 2 heteroatoms. The Balaban J connectivity index is 3.00. The van der Waals surface area contributed by atoms with Gasteiger partial charge in [0, 0.05) is 10.5 Å². The van der Waals surface area contributed by atoms with Gasteiger partial charge in [-0.3, -0.25) is 0 Å². The Hall–Kier alpha value is -0.600. The lowest BCUT2D eigenvalue weighted by molar-refractivity contribution is 0.582. The summed E-state index contributed by atoms with van der Waals surface area (Å²) in [7, 11) is 2.01. The summed E-state index contributed by atoms with van der Waals surface area (Å²) in [6, 6.07) is 4.87. The van der Waals surface area contributed by atoms with Crippen molar-refractivity contribution in [3.8, 4) is 0 Å². The van der Waals surface area contributed by atoms with Gasteiger partial charge >= 0.3 is 0 Å². The Morgan fingerprint density at radius 1 is 1.35 bits per heavy atom. The standard InChI is InChI=1S/C15H22BrN/c1-6-10(2)7-14(17-5)13-8-11(3)15(16)12(4)9-13/h8-9,14,17H,2,6-7H2,1,3-5H3. The molecule has 1 rings (SSSR count). The van der Waals surface area contributed by atoms with Crippen LogP contribution in [0.15, 0.2) is 28.8 Å². The highest BCUT2D eigenvalue weighted by molar-refractivity contribution is 9.10. The minimum Gasteiger partial charge on any atom is -0.313 e. The fraction of sp³-hybridized carbons (Fsp3) is 0.467. The normalized spacial score (nSPS) is 12.5. The Morgan fingerprint density at radius 2 is 1.88 bits per heavy atom. The zero-order chi connectivity index (χ0) is 13.0. The molecule has 0 aromatic heterocycles. The quantitative estimate of drug-likeness (QED) is 0.778. The maximum absolute atomic E-state index is 4.10. The molecule has 1 atom stereocenters. The van der Waals surface area contributed by atoms with E-state index in [1.807, 2.05) is 7.05 Å². The molecule has 0 aliphatic carbocycles. The first-order valence-electron chi connectivity index (χ1n) is 6.10. The molecular weight excluding hydrogens is 274 g/mol.